The average Bonchev–Trinajstić information content (AvgIpc) is 3.01. The molecule has 0 radical (unpaired) electrons. The van der Waals surface area contributed by atoms with Gasteiger partial charge in [0.05, 0.1) is 44.2 Å². The minimum atomic E-state index is 0.413. The van der Waals surface area contributed by atoms with E-state index in [9.17, 15) is 5.26 Å². The summed E-state index contributed by atoms with van der Waals surface area (Å²) in [5, 5.41) is 10.1. The third kappa shape index (κ3) is 6.68. The number of nitrogens with zero attached hydrogens (tertiary/aromatic N) is 4. The number of hydrogen-bond acceptors (Lipinski definition) is 8. The van der Waals surface area contributed by atoms with Crippen LogP contribution in [0.2, 0.25) is 0 Å². The molecule has 0 unspecified atom stereocenters. The number of ether oxygens (including phenoxy) is 4. The van der Waals surface area contributed by atoms with Crippen LogP contribution < -0.4 is 14.2 Å². The summed E-state index contributed by atoms with van der Waals surface area (Å²) in [6.07, 6.45) is 4.22. The summed E-state index contributed by atoms with van der Waals surface area (Å²) < 4.78 is 22.3. The van der Waals surface area contributed by atoms with Crippen molar-refractivity contribution in [2.75, 3.05) is 47.1 Å². The molecular weight excluding hydrogens is 504 g/mol. The summed E-state index contributed by atoms with van der Waals surface area (Å²) in [4.78, 5) is 11.9. The van der Waals surface area contributed by atoms with Crippen LogP contribution in [0.3, 0.4) is 0 Å². The first-order valence-corrected chi connectivity index (χ1v) is 13.6. The molecule has 1 fully saturated rings. The quantitative estimate of drug-likeness (QED) is 0.265. The van der Waals surface area contributed by atoms with Crippen molar-refractivity contribution in [2.24, 2.45) is 0 Å². The zero-order valence-electron chi connectivity index (χ0n) is 23.1. The predicted molar refractivity (Wildman–Crippen MR) is 153 cm³/mol. The molecule has 5 rings (SSSR count). The molecule has 0 amide bonds. The highest BCUT2D eigenvalue weighted by atomic mass is 16.5. The summed E-state index contributed by atoms with van der Waals surface area (Å²) in [5.74, 6) is 2.11. The number of hydrogen-bond donors (Lipinski definition) is 0. The maximum absolute atomic E-state index is 10.1. The van der Waals surface area contributed by atoms with E-state index in [1.165, 1.54) is 0 Å². The van der Waals surface area contributed by atoms with Crippen molar-refractivity contribution >= 4 is 11.0 Å². The molecule has 4 aromatic rings. The van der Waals surface area contributed by atoms with Crippen LogP contribution in [0.5, 0.6) is 17.2 Å². The average molecular weight is 539 g/mol. The topological polar surface area (TPSA) is 89.7 Å². The minimum absolute atomic E-state index is 0.413. The van der Waals surface area contributed by atoms with Crippen molar-refractivity contribution < 1.29 is 18.9 Å². The summed E-state index contributed by atoms with van der Waals surface area (Å²) in [7, 11) is 3.28. The zero-order valence-corrected chi connectivity index (χ0v) is 23.1. The lowest BCUT2D eigenvalue weighted by molar-refractivity contribution is 0.0374. The Labute approximate surface area is 235 Å². The molecule has 0 atom stereocenters. The van der Waals surface area contributed by atoms with E-state index in [1.807, 2.05) is 60.8 Å². The normalized spacial score (nSPS) is 13.6. The molecule has 1 aliphatic heterocycles. The molecule has 0 spiro atoms. The van der Waals surface area contributed by atoms with Gasteiger partial charge in [-0.05, 0) is 72.8 Å². The molecule has 1 aliphatic rings. The van der Waals surface area contributed by atoms with Crippen molar-refractivity contribution in [3.05, 3.63) is 88.7 Å². The second-order valence-electron chi connectivity index (χ2n) is 9.80. The third-order valence-electron chi connectivity index (χ3n) is 7.15. The van der Waals surface area contributed by atoms with E-state index >= 15 is 0 Å². The van der Waals surface area contributed by atoms with Gasteiger partial charge in [-0.25, -0.2) is 4.98 Å². The lowest BCUT2D eigenvalue weighted by Crippen LogP contribution is -2.36. The van der Waals surface area contributed by atoms with Crippen LogP contribution in [-0.2, 0) is 24.2 Å². The van der Waals surface area contributed by atoms with E-state index < -0.39 is 0 Å². The van der Waals surface area contributed by atoms with Gasteiger partial charge in [-0.1, -0.05) is 24.3 Å². The van der Waals surface area contributed by atoms with Gasteiger partial charge in [0.25, 0.3) is 0 Å². The molecular formula is C32H34N4O4. The molecule has 40 heavy (non-hydrogen) atoms. The van der Waals surface area contributed by atoms with Gasteiger partial charge in [-0.15, -0.1) is 0 Å². The Morgan fingerprint density at radius 3 is 2.50 bits per heavy atom. The Kier molecular flexibility index (Phi) is 9.07. The number of benzene rings is 3. The fourth-order valence-corrected chi connectivity index (χ4v) is 4.90. The lowest BCUT2D eigenvalue weighted by Gasteiger charge is -2.26. The molecule has 8 nitrogen and oxygen atoms in total. The first-order chi connectivity index (χ1) is 19.7. The molecule has 1 saturated heterocycles. The summed E-state index contributed by atoms with van der Waals surface area (Å²) >= 11 is 0. The molecule has 0 bridgehead atoms. The Morgan fingerprint density at radius 2 is 1.75 bits per heavy atom. The summed E-state index contributed by atoms with van der Waals surface area (Å²) in [5.41, 5.74) is 5.83. The van der Waals surface area contributed by atoms with Crippen molar-refractivity contribution in [1.29, 1.82) is 5.26 Å². The molecule has 1 aromatic heterocycles. The second-order valence-corrected chi connectivity index (χ2v) is 9.80. The fourth-order valence-electron chi connectivity index (χ4n) is 4.90. The SMILES string of the molecule is COc1ccc(COc2ccc(Cc3ccc4ncc(CCCN5CCOCC5)nc4c3C#N)cc2OC)cc1. The standard InChI is InChI=1S/C32H34N4O4/c1-37-27-9-5-23(6-10-27)22-40-30-12-7-24(19-31(30)38-2)18-25-8-11-29-32(28(25)20-33)35-26(21-34-29)4-3-13-36-14-16-39-17-15-36/h5-12,19,21H,3-4,13-18,22H2,1-2H3. The molecule has 0 aliphatic carbocycles. The van der Waals surface area contributed by atoms with Crippen LogP contribution in [0.25, 0.3) is 11.0 Å². The van der Waals surface area contributed by atoms with Gasteiger partial charge in [0, 0.05) is 19.3 Å². The highest BCUT2D eigenvalue weighted by Crippen LogP contribution is 2.31. The molecule has 0 N–H and O–H groups in total. The predicted octanol–water partition coefficient (Wildman–Crippen LogP) is 4.95. The highest BCUT2D eigenvalue weighted by molar-refractivity contribution is 5.82. The van der Waals surface area contributed by atoms with E-state index in [1.54, 1.807) is 14.2 Å². The molecule has 0 saturated carbocycles. The van der Waals surface area contributed by atoms with Crippen molar-refractivity contribution in [2.45, 2.75) is 25.9 Å². The maximum atomic E-state index is 10.1. The van der Waals surface area contributed by atoms with Crippen molar-refractivity contribution in [1.82, 2.24) is 14.9 Å². The monoisotopic (exact) mass is 538 g/mol. The fraction of sp³-hybridized carbons (Fsp3) is 0.344. The largest absolute Gasteiger partial charge is 0.497 e. The van der Waals surface area contributed by atoms with Crippen LogP contribution >= 0.6 is 0 Å². The van der Waals surface area contributed by atoms with E-state index in [-0.39, 0.29) is 0 Å². The number of aryl methyl sites for hydroxylation is 1. The van der Waals surface area contributed by atoms with Gasteiger partial charge in [0.15, 0.2) is 11.5 Å². The van der Waals surface area contributed by atoms with Gasteiger partial charge in [0.2, 0.25) is 0 Å². The lowest BCUT2D eigenvalue weighted by atomic mass is 9.98. The first-order valence-electron chi connectivity index (χ1n) is 13.6. The number of fused-ring (bicyclic) bond motifs is 1. The minimum Gasteiger partial charge on any atom is -0.497 e. The number of aromatic nitrogens is 2. The van der Waals surface area contributed by atoms with Crippen LogP contribution in [-0.4, -0.2) is 61.9 Å². The van der Waals surface area contributed by atoms with E-state index in [4.69, 9.17) is 23.9 Å². The van der Waals surface area contributed by atoms with E-state index in [0.717, 1.165) is 79.3 Å². The number of nitriles is 1. The second kappa shape index (κ2) is 13.2. The molecule has 2 heterocycles. The summed E-state index contributed by atoms with van der Waals surface area (Å²) in [6, 6.07) is 19.9. The Hall–Kier alpha value is -4.19. The van der Waals surface area contributed by atoms with Crippen LogP contribution in [0.4, 0.5) is 0 Å². The smallest absolute Gasteiger partial charge is 0.161 e. The van der Waals surface area contributed by atoms with Crippen LogP contribution in [0.15, 0.2) is 60.8 Å². The van der Waals surface area contributed by atoms with Crippen molar-refractivity contribution in [3.8, 4) is 23.3 Å². The number of methoxy groups -OCH3 is 2. The molecule has 3 aromatic carbocycles. The Balaban J connectivity index is 1.29. The van der Waals surface area contributed by atoms with Gasteiger partial charge in [-0.2, -0.15) is 5.26 Å². The Morgan fingerprint density at radius 1 is 0.950 bits per heavy atom. The van der Waals surface area contributed by atoms with Crippen LogP contribution in [0, 0.1) is 11.3 Å². The van der Waals surface area contributed by atoms with E-state index in [0.29, 0.717) is 35.6 Å². The Bertz CT molecular complexity index is 1480. The van der Waals surface area contributed by atoms with Crippen LogP contribution in [0.1, 0.15) is 34.4 Å². The van der Waals surface area contributed by atoms with Gasteiger partial charge >= 0.3 is 0 Å². The zero-order chi connectivity index (χ0) is 27.7. The highest BCUT2D eigenvalue weighted by Gasteiger charge is 2.14. The molecule has 206 valence electrons. The van der Waals surface area contributed by atoms with Gasteiger partial charge < -0.3 is 18.9 Å². The third-order valence-corrected chi connectivity index (χ3v) is 7.15. The van der Waals surface area contributed by atoms with E-state index in [2.05, 4.69) is 16.0 Å². The van der Waals surface area contributed by atoms with Gasteiger partial charge in [-0.3, -0.25) is 9.88 Å². The first kappa shape index (κ1) is 27.4. The van der Waals surface area contributed by atoms with Crippen molar-refractivity contribution in [3.63, 3.8) is 0 Å². The maximum Gasteiger partial charge on any atom is 0.161 e. The number of rotatable bonds is 11. The summed E-state index contributed by atoms with van der Waals surface area (Å²) in [6.45, 7) is 4.98. The molecule has 8 heteroatoms. The van der Waals surface area contributed by atoms with Gasteiger partial charge in [0.1, 0.15) is 23.9 Å². The number of morpholine rings is 1.